The molecule has 2 aliphatic carbocycles. The van der Waals surface area contributed by atoms with Crippen LogP contribution in [0.2, 0.25) is 0 Å². The number of hydrogen-bond donors (Lipinski definition) is 2. The molecule has 2 aliphatic rings. The molecular weight excluding hydrogens is 183 g/mol. The van der Waals surface area contributed by atoms with E-state index in [1.165, 1.54) is 0 Å². The maximum absolute atomic E-state index is 10.8. The third-order valence-corrected chi connectivity index (χ3v) is 3.37. The Morgan fingerprint density at radius 3 is 2.38 bits per heavy atom. The largest absolute Gasteiger partial charge is 1.00 e. The van der Waals surface area contributed by atoms with Gasteiger partial charge < -0.3 is 20.1 Å². The van der Waals surface area contributed by atoms with E-state index >= 15 is 0 Å². The van der Waals surface area contributed by atoms with Crippen molar-refractivity contribution in [3.8, 4) is 0 Å². The van der Waals surface area contributed by atoms with Crippen LogP contribution >= 0.6 is 0 Å². The first kappa shape index (κ1) is 11.5. The number of carboxylic acids is 1. The van der Waals surface area contributed by atoms with Gasteiger partial charge in [-0.3, -0.25) is 0 Å². The maximum Gasteiger partial charge on any atom is 1.00 e. The monoisotopic (exact) mass is 194 g/mol. The molecule has 0 aromatic carbocycles. The Kier molecular flexibility index (Phi) is 3.10. The van der Waals surface area contributed by atoms with Gasteiger partial charge in [0.15, 0.2) is 0 Å². The minimum Gasteiger partial charge on any atom is -0.549 e. The molecule has 0 saturated heterocycles. The van der Waals surface area contributed by atoms with Crippen LogP contribution in [0.3, 0.4) is 0 Å². The summed E-state index contributed by atoms with van der Waals surface area (Å²) in [5.41, 5.74) is -1.15. The summed E-state index contributed by atoms with van der Waals surface area (Å²) in [6, 6.07) is 0. The van der Waals surface area contributed by atoms with Crippen LogP contribution in [0.5, 0.6) is 0 Å². The molecule has 0 aromatic rings. The van der Waals surface area contributed by atoms with Crippen molar-refractivity contribution in [2.24, 2.45) is 11.3 Å². The smallest absolute Gasteiger partial charge is 0.549 e. The Morgan fingerprint density at radius 1 is 1.46 bits per heavy atom. The summed E-state index contributed by atoms with van der Waals surface area (Å²) in [5, 5.41) is 29.6. The molecule has 2 fully saturated rings. The second-order valence-corrected chi connectivity index (χ2v) is 3.88. The van der Waals surface area contributed by atoms with Gasteiger partial charge >= 0.3 is 29.6 Å². The summed E-state index contributed by atoms with van der Waals surface area (Å²) in [6.07, 6.45) is -0.486. The number of aliphatic carboxylic acids is 1. The van der Waals surface area contributed by atoms with Gasteiger partial charge in [0, 0.05) is 5.41 Å². The van der Waals surface area contributed by atoms with Crippen LogP contribution in [0.4, 0.5) is 0 Å². The number of rotatable bonds is 1. The molecule has 0 aromatic heterocycles. The van der Waals surface area contributed by atoms with Crippen LogP contribution in [0.15, 0.2) is 0 Å². The van der Waals surface area contributed by atoms with E-state index in [9.17, 15) is 20.1 Å². The predicted molar refractivity (Wildman–Crippen MR) is 36.8 cm³/mol. The van der Waals surface area contributed by atoms with Gasteiger partial charge in [0.25, 0.3) is 0 Å². The SMILES string of the molecule is O=C([O-])[C@]12CC[C@H](C1)[C@H](O)[C@@H]2O.[Na+]. The molecule has 2 rings (SSSR count). The van der Waals surface area contributed by atoms with Crippen LogP contribution in [0.25, 0.3) is 0 Å². The molecule has 2 N–H and O–H groups in total. The quantitative estimate of drug-likeness (QED) is 0.411. The number of hydrogen-bond acceptors (Lipinski definition) is 4. The first-order valence-electron chi connectivity index (χ1n) is 4.15. The molecule has 4 nitrogen and oxygen atoms in total. The molecule has 0 heterocycles. The second-order valence-electron chi connectivity index (χ2n) is 3.88. The van der Waals surface area contributed by atoms with E-state index in [0.717, 1.165) is 0 Å². The van der Waals surface area contributed by atoms with Crippen molar-refractivity contribution in [2.45, 2.75) is 31.5 Å². The molecular formula is C8H11NaO4. The molecule has 0 spiro atoms. The van der Waals surface area contributed by atoms with Gasteiger partial charge in [-0.1, -0.05) is 0 Å². The van der Waals surface area contributed by atoms with Crippen molar-refractivity contribution >= 4 is 5.97 Å². The molecule has 5 heteroatoms. The third-order valence-electron chi connectivity index (χ3n) is 3.37. The summed E-state index contributed by atoms with van der Waals surface area (Å²) in [6.45, 7) is 0. The number of aliphatic hydroxyl groups excluding tert-OH is 2. The zero-order valence-electron chi connectivity index (χ0n) is 7.56. The molecule has 0 radical (unpaired) electrons. The third kappa shape index (κ3) is 1.36. The number of carbonyl (C=O) groups is 1. The molecule has 2 bridgehead atoms. The summed E-state index contributed by atoms with van der Waals surface area (Å²) in [5.74, 6) is -1.26. The number of aliphatic hydroxyl groups is 2. The number of carbonyl (C=O) groups excluding carboxylic acids is 1. The molecule has 0 aliphatic heterocycles. The van der Waals surface area contributed by atoms with Crippen molar-refractivity contribution in [3.05, 3.63) is 0 Å². The van der Waals surface area contributed by atoms with Gasteiger partial charge in [-0.15, -0.1) is 0 Å². The van der Waals surface area contributed by atoms with E-state index < -0.39 is 23.6 Å². The average Bonchev–Trinajstić information content (AvgIpc) is 2.53. The summed E-state index contributed by atoms with van der Waals surface area (Å²) < 4.78 is 0. The van der Waals surface area contributed by atoms with Crippen molar-refractivity contribution in [3.63, 3.8) is 0 Å². The Balaban J connectivity index is 0.000000845. The van der Waals surface area contributed by atoms with Crippen LogP contribution in [0, 0.1) is 11.3 Å². The number of fused-ring (bicyclic) bond motifs is 2. The molecule has 13 heavy (non-hydrogen) atoms. The van der Waals surface area contributed by atoms with Gasteiger partial charge in [0.2, 0.25) is 0 Å². The predicted octanol–water partition coefficient (Wildman–Crippen LogP) is -4.74. The average molecular weight is 194 g/mol. The van der Waals surface area contributed by atoms with Crippen LogP contribution in [-0.4, -0.2) is 28.4 Å². The molecule has 68 valence electrons. The zero-order chi connectivity index (χ0) is 8.93. The second kappa shape index (κ2) is 3.51. The van der Waals surface area contributed by atoms with E-state index in [1.807, 2.05) is 0 Å². The van der Waals surface area contributed by atoms with Crippen molar-refractivity contribution in [1.82, 2.24) is 0 Å². The zero-order valence-corrected chi connectivity index (χ0v) is 9.56. The Morgan fingerprint density at radius 2 is 2.08 bits per heavy atom. The fraction of sp³-hybridized carbons (Fsp3) is 0.875. The van der Waals surface area contributed by atoms with Gasteiger partial charge in [-0.25, -0.2) is 0 Å². The van der Waals surface area contributed by atoms with Crippen LogP contribution in [-0.2, 0) is 4.79 Å². The first-order valence-corrected chi connectivity index (χ1v) is 4.15. The Hall–Kier alpha value is 0.390. The molecule has 4 atom stereocenters. The fourth-order valence-electron chi connectivity index (χ4n) is 2.57. The van der Waals surface area contributed by atoms with Crippen LogP contribution < -0.4 is 34.7 Å². The van der Waals surface area contributed by atoms with Crippen molar-refractivity contribution in [2.75, 3.05) is 0 Å². The Bertz CT molecular complexity index is 232. The normalized spacial score (nSPS) is 47.4. The van der Waals surface area contributed by atoms with Gasteiger partial charge in [0.1, 0.15) is 0 Å². The van der Waals surface area contributed by atoms with E-state index in [1.54, 1.807) is 0 Å². The minimum absolute atomic E-state index is 0. The topological polar surface area (TPSA) is 80.6 Å². The first-order chi connectivity index (χ1) is 5.58. The Labute approximate surface area is 98.2 Å². The molecule has 0 amide bonds. The standard InChI is InChI=1S/C8H12O4.Na/c9-5-4-1-2-8(3-4,6(5)10)7(11)12;/h4-6,9-10H,1-3H2,(H,11,12);/q;+1/p-1/t4-,5+,6+,8-;/m1./s1. The van der Waals surface area contributed by atoms with E-state index in [-0.39, 0.29) is 35.5 Å². The maximum atomic E-state index is 10.8. The van der Waals surface area contributed by atoms with Gasteiger partial charge in [-0.2, -0.15) is 0 Å². The van der Waals surface area contributed by atoms with E-state index in [4.69, 9.17) is 0 Å². The molecule has 0 unspecified atom stereocenters. The summed E-state index contributed by atoms with van der Waals surface area (Å²) >= 11 is 0. The van der Waals surface area contributed by atoms with E-state index in [2.05, 4.69) is 0 Å². The van der Waals surface area contributed by atoms with E-state index in [0.29, 0.717) is 19.3 Å². The van der Waals surface area contributed by atoms with Crippen LogP contribution in [0.1, 0.15) is 19.3 Å². The molecule has 2 saturated carbocycles. The number of carboxylic acid groups (broad SMARTS) is 1. The van der Waals surface area contributed by atoms with Gasteiger partial charge in [0.05, 0.1) is 18.2 Å². The fourth-order valence-corrected chi connectivity index (χ4v) is 2.57. The van der Waals surface area contributed by atoms with Gasteiger partial charge in [-0.05, 0) is 25.2 Å². The summed E-state index contributed by atoms with van der Waals surface area (Å²) in [4.78, 5) is 10.8. The van der Waals surface area contributed by atoms with Crippen molar-refractivity contribution < 1.29 is 49.7 Å². The van der Waals surface area contributed by atoms with Crippen molar-refractivity contribution in [1.29, 1.82) is 0 Å². The summed E-state index contributed by atoms with van der Waals surface area (Å²) in [7, 11) is 0. The minimum atomic E-state index is -1.21.